The van der Waals surface area contributed by atoms with Crippen LogP contribution in [0.4, 0.5) is 5.95 Å². The largest absolute Gasteiger partial charge is 0.494 e. The molecule has 0 bridgehead atoms. The van der Waals surface area contributed by atoms with Crippen LogP contribution in [0.3, 0.4) is 0 Å². The van der Waals surface area contributed by atoms with Crippen LogP contribution in [0.2, 0.25) is 0 Å². The molecule has 10 nitrogen and oxygen atoms in total. The van der Waals surface area contributed by atoms with Gasteiger partial charge in [0.05, 0.1) is 31.5 Å². The van der Waals surface area contributed by atoms with E-state index in [2.05, 4.69) is 20.3 Å². The summed E-state index contributed by atoms with van der Waals surface area (Å²) < 4.78 is 8.47. The van der Waals surface area contributed by atoms with E-state index in [4.69, 9.17) is 10.5 Å². The van der Waals surface area contributed by atoms with Crippen LogP contribution in [0.5, 0.6) is 5.75 Å². The van der Waals surface area contributed by atoms with Crippen molar-refractivity contribution in [3.05, 3.63) is 58.6 Å². The van der Waals surface area contributed by atoms with Gasteiger partial charge in [0.25, 0.3) is 5.56 Å². The average Bonchev–Trinajstić information content (AvgIpc) is 3.21. The van der Waals surface area contributed by atoms with Gasteiger partial charge in [-0.2, -0.15) is 0 Å². The number of pyridine rings is 1. The maximum absolute atomic E-state index is 13.0. The minimum absolute atomic E-state index is 0.0955. The first kappa shape index (κ1) is 21.4. The summed E-state index contributed by atoms with van der Waals surface area (Å²) in [6, 6.07) is 8.61. The Morgan fingerprint density at radius 1 is 1.22 bits per heavy atom. The highest BCUT2D eigenvalue weighted by Gasteiger charge is 2.25. The Bertz CT molecular complexity index is 1340. The fourth-order valence-corrected chi connectivity index (χ4v) is 3.48. The first-order valence-electron chi connectivity index (χ1n) is 10.1. The minimum atomic E-state index is -1.04. The number of benzene rings is 1. The van der Waals surface area contributed by atoms with Crippen LogP contribution in [0.25, 0.3) is 22.3 Å². The summed E-state index contributed by atoms with van der Waals surface area (Å²) in [5.41, 5.74) is 6.81. The molecule has 4 rings (SSSR count). The second-order valence-electron chi connectivity index (χ2n) is 8.16. The Morgan fingerprint density at radius 2 is 2.00 bits per heavy atom. The van der Waals surface area contributed by atoms with Gasteiger partial charge in [-0.3, -0.25) is 4.79 Å². The van der Waals surface area contributed by atoms with Crippen LogP contribution in [0.15, 0.2) is 47.5 Å². The highest BCUT2D eigenvalue weighted by atomic mass is 16.5. The number of fused-ring (bicyclic) bond motifs is 1. The van der Waals surface area contributed by atoms with Gasteiger partial charge >= 0.3 is 0 Å². The molecule has 0 radical (unpaired) electrons. The van der Waals surface area contributed by atoms with Crippen LogP contribution in [-0.4, -0.2) is 47.3 Å². The van der Waals surface area contributed by atoms with Crippen molar-refractivity contribution in [2.45, 2.75) is 39.0 Å². The van der Waals surface area contributed by atoms with Crippen LogP contribution >= 0.6 is 0 Å². The lowest BCUT2D eigenvalue weighted by molar-refractivity contribution is 0.0291. The lowest BCUT2D eigenvalue weighted by atomic mass is 10.0. The molecule has 10 heteroatoms. The number of nitrogens with two attached hydrogens (primary N) is 1. The third-order valence-corrected chi connectivity index (χ3v) is 5.53. The molecule has 1 atom stereocenters. The van der Waals surface area contributed by atoms with Gasteiger partial charge in [-0.05, 0) is 32.9 Å². The minimum Gasteiger partial charge on any atom is -0.494 e. The maximum Gasteiger partial charge on any atom is 0.255 e. The van der Waals surface area contributed by atoms with Gasteiger partial charge in [-0.1, -0.05) is 23.4 Å². The highest BCUT2D eigenvalue weighted by molar-refractivity contribution is 5.95. The molecule has 4 aromatic rings. The highest BCUT2D eigenvalue weighted by Crippen LogP contribution is 2.30. The standard InChI is InChI=1S/C22H25N7O3/c1-13(22(2,3)31)29-10-6-7-14(20(29)30)11-28-12-16(26-27-28)18-15-8-5-9-17(32-4)19(15)25-21(23)24-18/h5-10,12-13,31H,11H2,1-4H3,(H2,23,24,25). The number of para-hydroxylation sites is 1. The molecule has 1 unspecified atom stereocenters. The Kier molecular flexibility index (Phi) is 5.39. The lowest BCUT2D eigenvalue weighted by Crippen LogP contribution is -2.37. The molecule has 0 fully saturated rings. The van der Waals surface area contributed by atoms with E-state index in [0.29, 0.717) is 28.2 Å². The van der Waals surface area contributed by atoms with E-state index in [0.717, 1.165) is 5.39 Å². The molecule has 3 aromatic heterocycles. The third-order valence-electron chi connectivity index (χ3n) is 5.53. The molecule has 32 heavy (non-hydrogen) atoms. The third kappa shape index (κ3) is 3.92. The Morgan fingerprint density at radius 3 is 2.72 bits per heavy atom. The van der Waals surface area contributed by atoms with Crippen molar-refractivity contribution in [2.75, 3.05) is 12.8 Å². The number of nitrogens with zero attached hydrogens (tertiary/aromatic N) is 6. The van der Waals surface area contributed by atoms with Gasteiger partial charge in [-0.25, -0.2) is 14.6 Å². The average molecular weight is 435 g/mol. The van der Waals surface area contributed by atoms with Crippen LogP contribution in [0, 0.1) is 0 Å². The molecular formula is C22H25N7O3. The molecule has 3 N–H and O–H groups in total. The lowest BCUT2D eigenvalue weighted by Gasteiger charge is -2.28. The number of hydrogen-bond acceptors (Lipinski definition) is 8. The smallest absolute Gasteiger partial charge is 0.255 e. The van der Waals surface area contributed by atoms with E-state index in [9.17, 15) is 9.90 Å². The van der Waals surface area contributed by atoms with Crippen LogP contribution in [0.1, 0.15) is 32.4 Å². The van der Waals surface area contributed by atoms with Crippen molar-refractivity contribution in [2.24, 2.45) is 0 Å². The fourth-order valence-electron chi connectivity index (χ4n) is 3.48. The van der Waals surface area contributed by atoms with E-state index in [1.165, 1.54) is 4.57 Å². The first-order chi connectivity index (χ1) is 15.2. The molecule has 0 aliphatic heterocycles. The van der Waals surface area contributed by atoms with Crippen molar-refractivity contribution in [3.63, 3.8) is 0 Å². The molecular weight excluding hydrogens is 410 g/mol. The van der Waals surface area contributed by atoms with E-state index < -0.39 is 11.6 Å². The molecule has 166 valence electrons. The summed E-state index contributed by atoms with van der Waals surface area (Å²) in [5.74, 6) is 0.675. The maximum atomic E-state index is 13.0. The molecule has 0 aliphatic carbocycles. The number of ether oxygens (including phenoxy) is 1. The van der Waals surface area contributed by atoms with E-state index in [1.54, 1.807) is 63.2 Å². The van der Waals surface area contributed by atoms with Crippen molar-refractivity contribution < 1.29 is 9.84 Å². The topological polar surface area (TPSA) is 134 Å². The molecule has 0 amide bonds. The molecule has 1 aromatic carbocycles. The second kappa shape index (κ2) is 8.04. The first-order valence-corrected chi connectivity index (χ1v) is 10.1. The summed E-state index contributed by atoms with van der Waals surface area (Å²) in [7, 11) is 1.56. The van der Waals surface area contributed by atoms with Gasteiger partial charge < -0.3 is 20.1 Å². The second-order valence-corrected chi connectivity index (χ2v) is 8.16. The normalized spacial score (nSPS) is 12.8. The van der Waals surface area contributed by atoms with Gasteiger partial charge in [-0.15, -0.1) is 5.10 Å². The number of rotatable bonds is 6. The van der Waals surface area contributed by atoms with Crippen molar-refractivity contribution >= 4 is 16.9 Å². The quantitative estimate of drug-likeness (QED) is 0.470. The predicted molar refractivity (Wildman–Crippen MR) is 120 cm³/mol. The van der Waals surface area contributed by atoms with Gasteiger partial charge in [0.1, 0.15) is 22.7 Å². The van der Waals surface area contributed by atoms with Crippen LogP contribution in [-0.2, 0) is 6.54 Å². The predicted octanol–water partition coefficient (Wildman–Crippen LogP) is 2.02. The molecule has 0 saturated carbocycles. The van der Waals surface area contributed by atoms with Gasteiger partial charge in [0.2, 0.25) is 5.95 Å². The van der Waals surface area contributed by atoms with Crippen molar-refractivity contribution in [1.29, 1.82) is 0 Å². The van der Waals surface area contributed by atoms with E-state index >= 15 is 0 Å². The van der Waals surface area contributed by atoms with E-state index in [-0.39, 0.29) is 18.1 Å². The monoisotopic (exact) mass is 435 g/mol. The Balaban J connectivity index is 1.71. The zero-order valence-electron chi connectivity index (χ0n) is 18.4. The number of nitrogen functional groups attached to an aromatic ring is 1. The summed E-state index contributed by atoms with van der Waals surface area (Å²) in [5, 5.41) is 19.4. The molecule has 3 heterocycles. The number of anilines is 1. The fraction of sp³-hybridized carbons (Fsp3) is 0.318. The van der Waals surface area contributed by atoms with E-state index in [1.807, 2.05) is 12.1 Å². The number of aliphatic hydroxyl groups is 1. The van der Waals surface area contributed by atoms with Gasteiger partial charge in [0, 0.05) is 17.1 Å². The molecule has 0 spiro atoms. The van der Waals surface area contributed by atoms with Crippen LogP contribution < -0.4 is 16.0 Å². The van der Waals surface area contributed by atoms with Gasteiger partial charge in [0.15, 0.2) is 0 Å². The summed E-state index contributed by atoms with van der Waals surface area (Å²) in [6.45, 7) is 5.37. The van der Waals surface area contributed by atoms with Crippen molar-refractivity contribution in [3.8, 4) is 17.1 Å². The number of aromatic nitrogens is 6. The SMILES string of the molecule is COc1cccc2c(-c3cn(Cc4cccn(C(C)C(C)(C)O)c4=O)nn3)nc(N)nc12. The number of methoxy groups -OCH3 is 1. The molecule has 0 aliphatic rings. The zero-order valence-corrected chi connectivity index (χ0v) is 18.4. The Labute approximate surface area is 184 Å². The van der Waals surface area contributed by atoms with Crippen molar-refractivity contribution in [1.82, 2.24) is 29.5 Å². The Hall–Kier alpha value is -3.79. The zero-order chi connectivity index (χ0) is 23.0. The summed E-state index contributed by atoms with van der Waals surface area (Å²) >= 11 is 0. The molecule has 0 saturated heterocycles. The number of hydrogen-bond donors (Lipinski definition) is 2. The summed E-state index contributed by atoms with van der Waals surface area (Å²) in [4.78, 5) is 21.6. The summed E-state index contributed by atoms with van der Waals surface area (Å²) in [6.07, 6.45) is 3.38.